The van der Waals surface area contributed by atoms with Crippen LogP contribution in [0.5, 0.6) is 0 Å². The summed E-state index contributed by atoms with van der Waals surface area (Å²) in [6.45, 7) is 2.02. The first-order valence-electron chi connectivity index (χ1n) is 5.67. The minimum absolute atomic E-state index is 0.238. The molecule has 0 aliphatic heterocycles. The van der Waals surface area contributed by atoms with Crippen LogP contribution < -0.4 is 11.3 Å². The van der Waals surface area contributed by atoms with Gasteiger partial charge in [-0.05, 0) is 25.5 Å². The number of hydrogen-bond acceptors (Lipinski definition) is 5. The summed E-state index contributed by atoms with van der Waals surface area (Å²) in [5.74, 6) is 6.56. The predicted molar refractivity (Wildman–Crippen MR) is 68.7 cm³/mol. The zero-order valence-corrected chi connectivity index (χ0v) is 10.7. The van der Waals surface area contributed by atoms with Crippen LogP contribution >= 0.6 is 11.3 Å². The first kappa shape index (κ1) is 12.3. The van der Waals surface area contributed by atoms with Crippen LogP contribution in [0.1, 0.15) is 22.9 Å². The molecule has 1 atom stereocenters. The SMILES string of the molecule is Cc1nc(CC(CCc2ccco2)NN)cs1. The molecule has 0 fully saturated rings. The second kappa shape index (κ2) is 5.95. The average molecular weight is 251 g/mol. The van der Waals surface area contributed by atoms with Crippen molar-refractivity contribution in [3.05, 3.63) is 40.2 Å². The fraction of sp³-hybridized carbons (Fsp3) is 0.417. The summed E-state index contributed by atoms with van der Waals surface area (Å²) in [5, 5.41) is 3.19. The maximum atomic E-state index is 5.56. The maximum Gasteiger partial charge on any atom is 0.103 e. The van der Waals surface area contributed by atoms with Gasteiger partial charge in [-0.3, -0.25) is 11.3 Å². The van der Waals surface area contributed by atoms with E-state index >= 15 is 0 Å². The number of furan rings is 1. The van der Waals surface area contributed by atoms with E-state index in [4.69, 9.17) is 10.3 Å². The molecule has 0 aliphatic rings. The van der Waals surface area contributed by atoms with E-state index < -0.39 is 0 Å². The van der Waals surface area contributed by atoms with Crippen molar-refractivity contribution >= 4 is 11.3 Å². The van der Waals surface area contributed by atoms with Crippen LogP contribution in [0.4, 0.5) is 0 Å². The van der Waals surface area contributed by atoms with E-state index in [-0.39, 0.29) is 6.04 Å². The molecule has 1 unspecified atom stereocenters. The van der Waals surface area contributed by atoms with Crippen molar-refractivity contribution in [2.45, 2.75) is 32.2 Å². The Morgan fingerprint density at radius 3 is 3.06 bits per heavy atom. The number of nitrogens with two attached hydrogens (primary N) is 1. The molecule has 0 spiro atoms. The predicted octanol–water partition coefficient (Wildman–Crippen LogP) is 2.05. The molecule has 2 aromatic rings. The van der Waals surface area contributed by atoms with Gasteiger partial charge in [0.15, 0.2) is 0 Å². The van der Waals surface area contributed by atoms with Crippen molar-refractivity contribution in [2.24, 2.45) is 5.84 Å². The number of nitrogens with one attached hydrogen (secondary N) is 1. The van der Waals surface area contributed by atoms with Crippen LogP contribution in [-0.4, -0.2) is 11.0 Å². The van der Waals surface area contributed by atoms with Crippen molar-refractivity contribution in [3.63, 3.8) is 0 Å². The summed E-state index contributed by atoms with van der Waals surface area (Å²) in [6, 6.07) is 4.13. The van der Waals surface area contributed by atoms with Gasteiger partial charge in [-0.15, -0.1) is 11.3 Å². The monoisotopic (exact) mass is 251 g/mol. The Morgan fingerprint density at radius 1 is 1.59 bits per heavy atom. The fourth-order valence-corrected chi connectivity index (χ4v) is 2.40. The molecule has 2 aromatic heterocycles. The molecule has 0 aliphatic carbocycles. The van der Waals surface area contributed by atoms with Crippen LogP contribution in [0.15, 0.2) is 28.2 Å². The largest absolute Gasteiger partial charge is 0.469 e. The maximum absolute atomic E-state index is 5.56. The second-order valence-electron chi connectivity index (χ2n) is 4.04. The molecule has 0 saturated heterocycles. The minimum atomic E-state index is 0.238. The smallest absolute Gasteiger partial charge is 0.103 e. The summed E-state index contributed by atoms with van der Waals surface area (Å²) in [4.78, 5) is 4.44. The third-order valence-corrected chi connectivity index (χ3v) is 3.50. The van der Waals surface area contributed by atoms with Gasteiger partial charge in [-0.25, -0.2) is 4.98 Å². The Balaban J connectivity index is 1.84. The standard InChI is InChI=1S/C12H17N3OS/c1-9-14-11(8-17-9)7-10(15-13)4-5-12-3-2-6-16-12/h2-3,6,8,10,15H,4-5,7,13H2,1H3. The van der Waals surface area contributed by atoms with Crippen molar-refractivity contribution in [1.29, 1.82) is 0 Å². The molecule has 2 heterocycles. The molecule has 17 heavy (non-hydrogen) atoms. The highest BCUT2D eigenvalue weighted by Gasteiger charge is 2.10. The van der Waals surface area contributed by atoms with Gasteiger partial charge in [0, 0.05) is 24.3 Å². The number of rotatable bonds is 6. The Kier molecular flexibility index (Phi) is 4.30. The number of aromatic nitrogens is 1. The van der Waals surface area contributed by atoms with E-state index in [9.17, 15) is 0 Å². The fourth-order valence-electron chi connectivity index (χ4n) is 1.77. The van der Waals surface area contributed by atoms with E-state index in [1.54, 1.807) is 17.6 Å². The lowest BCUT2D eigenvalue weighted by Crippen LogP contribution is -2.37. The van der Waals surface area contributed by atoms with Crippen molar-refractivity contribution < 1.29 is 4.42 Å². The Labute approximate surface area is 105 Å². The van der Waals surface area contributed by atoms with E-state index in [2.05, 4.69) is 15.8 Å². The number of aryl methyl sites for hydroxylation is 2. The highest BCUT2D eigenvalue weighted by atomic mass is 32.1. The van der Waals surface area contributed by atoms with Gasteiger partial charge in [0.05, 0.1) is 17.0 Å². The van der Waals surface area contributed by atoms with Gasteiger partial charge in [-0.2, -0.15) is 0 Å². The van der Waals surface area contributed by atoms with E-state index in [0.717, 1.165) is 35.7 Å². The Hall–Kier alpha value is -1.17. The molecule has 3 N–H and O–H groups in total. The lowest BCUT2D eigenvalue weighted by molar-refractivity contribution is 0.446. The van der Waals surface area contributed by atoms with Gasteiger partial charge in [0.25, 0.3) is 0 Å². The van der Waals surface area contributed by atoms with Crippen molar-refractivity contribution in [1.82, 2.24) is 10.4 Å². The van der Waals surface area contributed by atoms with Gasteiger partial charge >= 0.3 is 0 Å². The van der Waals surface area contributed by atoms with Crippen LogP contribution in [0, 0.1) is 6.92 Å². The topological polar surface area (TPSA) is 64.1 Å². The minimum Gasteiger partial charge on any atom is -0.469 e. The number of hydrazine groups is 1. The Morgan fingerprint density at radius 2 is 2.47 bits per heavy atom. The second-order valence-corrected chi connectivity index (χ2v) is 5.11. The lowest BCUT2D eigenvalue weighted by Gasteiger charge is -2.13. The number of thiazole rings is 1. The van der Waals surface area contributed by atoms with E-state index in [1.807, 2.05) is 19.1 Å². The van der Waals surface area contributed by atoms with Crippen LogP contribution in [0.25, 0.3) is 0 Å². The van der Waals surface area contributed by atoms with E-state index in [0.29, 0.717) is 0 Å². The van der Waals surface area contributed by atoms with Crippen LogP contribution in [0.3, 0.4) is 0 Å². The molecule has 2 rings (SSSR count). The Bertz CT molecular complexity index is 438. The van der Waals surface area contributed by atoms with Crippen molar-refractivity contribution in [3.8, 4) is 0 Å². The lowest BCUT2D eigenvalue weighted by atomic mass is 10.1. The quantitative estimate of drug-likeness (QED) is 0.609. The summed E-state index contributed by atoms with van der Waals surface area (Å²) < 4.78 is 5.30. The molecule has 5 heteroatoms. The summed E-state index contributed by atoms with van der Waals surface area (Å²) in [5.41, 5.74) is 3.95. The number of hydrogen-bond donors (Lipinski definition) is 2. The van der Waals surface area contributed by atoms with Gasteiger partial charge < -0.3 is 4.42 Å². The normalized spacial score (nSPS) is 12.8. The third-order valence-electron chi connectivity index (χ3n) is 2.68. The molecule has 4 nitrogen and oxygen atoms in total. The molecule has 0 saturated carbocycles. The molecule has 0 aromatic carbocycles. The zero-order valence-electron chi connectivity index (χ0n) is 9.85. The molecule has 0 bridgehead atoms. The summed E-state index contributed by atoms with van der Waals surface area (Å²) in [7, 11) is 0. The first-order chi connectivity index (χ1) is 8.28. The summed E-state index contributed by atoms with van der Waals surface area (Å²) >= 11 is 1.67. The van der Waals surface area contributed by atoms with Gasteiger partial charge in [-0.1, -0.05) is 0 Å². The zero-order chi connectivity index (χ0) is 12.1. The first-order valence-corrected chi connectivity index (χ1v) is 6.55. The van der Waals surface area contributed by atoms with E-state index in [1.165, 1.54) is 0 Å². The van der Waals surface area contributed by atoms with Crippen LogP contribution in [-0.2, 0) is 12.8 Å². The number of nitrogens with zero attached hydrogens (tertiary/aromatic N) is 1. The average Bonchev–Trinajstić information content (AvgIpc) is 2.96. The highest BCUT2D eigenvalue weighted by molar-refractivity contribution is 7.09. The molecule has 92 valence electrons. The molecule has 0 radical (unpaired) electrons. The van der Waals surface area contributed by atoms with Crippen LogP contribution in [0.2, 0.25) is 0 Å². The van der Waals surface area contributed by atoms with Crippen molar-refractivity contribution in [2.75, 3.05) is 0 Å². The summed E-state index contributed by atoms with van der Waals surface area (Å²) in [6.07, 6.45) is 4.40. The molecule has 0 amide bonds. The van der Waals surface area contributed by atoms with Gasteiger partial charge in [0.1, 0.15) is 5.76 Å². The molecular formula is C12H17N3OS. The molecular weight excluding hydrogens is 234 g/mol. The third kappa shape index (κ3) is 3.66. The van der Waals surface area contributed by atoms with Gasteiger partial charge in [0.2, 0.25) is 0 Å². The highest BCUT2D eigenvalue weighted by Crippen LogP contribution is 2.12.